The van der Waals surface area contributed by atoms with Crippen LogP contribution in [0, 0.1) is 0 Å². The molecular weight excluding hydrogens is 382 g/mol. The summed E-state index contributed by atoms with van der Waals surface area (Å²) in [5, 5.41) is 5.55. The van der Waals surface area contributed by atoms with Crippen LogP contribution in [-0.2, 0) is 9.59 Å². The summed E-state index contributed by atoms with van der Waals surface area (Å²) in [7, 11) is 0. The van der Waals surface area contributed by atoms with Crippen LogP contribution in [-0.4, -0.2) is 60.0 Å². The summed E-state index contributed by atoms with van der Waals surface area (Å²) >= 11 is 6.05. The number of nitrogens with zero attached hydrogens (tertiary/aromatic N) is 2. The second-order valence-electron chi connectivity index (χ2n) is 7.88. The number of benzene rings is 1. The zero-order chi connectivity index (χ0) is 20.5. The number of carbonyl (C=O) groups excluding carboxylic acids is 3. The molecule has 0 spiro atoms. The predicted molar refractivity (Wildman–Crippen MR) is 107 cm³/mol. The number of hydrogen-bond acceptors (Lipinski definition) is 5. The van der Waals surface area contributed by atoms with Gasteiger partial charge in [-0.1, -0.05) is 17.7 Å². The Bertz CT molecular complexity index is 786. The van der Waals surface area contributed by atoms with Crippen molar-refractivity contribution >= 4 is 35.1 Å². The van der Waals surface area contributed by atoms with E-state index in [1.165, 1.54) is 0 Å². The number of hydrogen-bond donors (Lipinski definition) is 3. The second-order valence-corrected chi connectivity index (χ2v) is 8.32. The molecule has 2 aliphatic rings. The van der Waals surface area contributed by atoms with Crippen LogP contribution < -0.4 is 21.3 Å². The lowest BCUT2D eigenvalue weighted by Gasteiger charge is -2.40. The molecule has 1 atom stereocenters. The van der Waals surface area contributed by atoms with Crippen molar-refractivity contribution in [2.45, 2.75) is 37.8 Å². The molecule has 9 heteroatoms. The fourth-order valence-corrected chi connectivity index (χ4v) is 3.97. The maximum absolute atomic E-state index is 12.7. The highest BCUT2D eigenvalue weighted by atomic mass is 35.5. The fourth-order valence-electron chi connectivity index (χ4n) is 3.78. The molecular formula is C19H26ClN5O3. The van der Waals surface area contributed by atoms with E-state index in [-0.39, 0.29) is 18.7 Å². The first kappa shape index (κ1) is 20.4. The molecule has 2 aliphatic heterocycles. The predicted octanol–water partition coefficient (Wildman–Crippen LogP) is 1.08. The van der Waals surface area contributed by atoms with Crippen LogP contribution >= 0.6 is 11.6 Å². The molecule has 8 nitrogen and oxygen atoms in total. The van der Waals surface area contributed by atoms with Crippen molar-refractivity contribution in [1.29, 1.82) is 0 Å². The lowest BCUT2D eigenvalue weighted by Crippen LogP contribution is -2.66. The van der Waals surface area contributed by atoms with Crippen LogP contribution in [0.3, 0.4) is 0 Å². The Hall–Kier alpha value is -2.32. The lowest BCUT2D eigenvalue weighted by molar-refractivity contribution is -0.133. The molecule has 4 amide bonds. The largest absolute Gasteiger partial charge is 0.368 e. The average Bonchev–Trinajstić information content (AvgIpc) is 2.94. The quantitative estimate of drug-likeness (QED) is 0.633. The molecule has 152 valence electrons. The third-order valence-corrected chi connectivity index (χ3v) is 5.80. The van der Waals surface area contributed by atoms with E-state index in [9.17, 15) is 14.4 Å². The number of urea groups is 1. The SMILES string of the molecule is CC(C)(N)C1(CCC(=O)N2CCN(c3cccc(Cl)c3)CC2)NC(=O)NC1=O. The van der Waals surface area contributed by atoms with Gasteiger partial charge in [0, 0.05) is 48.8 Å². The Kier molecular flexibility index (Phi) is 5.54. The monoisotopic (exact) mass is 407 g/mol. The van der Waals surface area contributed by atoms with Gasteiger partial charge in [0.15, 0.2) is 0 Å². The summed E-state index contributed by atoms with van der Waals surface area (Å²) in [6.07, 6.45) is 0.285. The number of anilines is 1. The summed E-state index contributed by atoms with van der Waals surface area (Å²) in [6, 6.07) is 7.07. The Morgan fingerprint density at radius 2 is 1.93 bits per heavy atom. The van der Waals surface area contributed by atoms with Crippen LogP contribution in [0.15, 0.2) is 24.3 Å². The van der Waals surface area contributed by atoms with E-state index < -0.39 is 23.0 Å². The molecule has 1 unspecified atom stereocenters. The average molecular weight is 408 g/mol. The molecule has 1 aromatic rings. The van der Waals surface area contributed by atoms with E-state index in [0.29, 0.717) is 31.2 Å². The van der Waals surface area contributed by atoms with Crippen LogP contribution in [0.2, 0.25) is 5.02 Å². The highest BCUT2D eigenvalue weighted by Gasteiger charge is 2.54. The highest BCUT2D eigenvalue weighted by Crippen LogP contribution is 2.29. The molecule has 2 heterocycles. The molecule has 0 aliphatic carbocycles. The number of nitrogens with two attached hydrogens (primary N) is 1. The molecule has 0 saturated carbocycles. The van der Waals surface area contributed by atoms with Gasteiger partial charge < -0.3 is 20.9 Å². The van der Waals surface area contributed by atoms with Gasteiger partial charge in [-0.25, -0.2) is 4.79 Å². The fraction of sp³-hybridized carbons (Fsp3) is 0.526. The summed E-state index contributed by atoms with van der Waals surface area (Å²) < 4.78 is 0. The van der Waals surface area contributed by atoms with E-state index in [0.717, 1.165) is 5.69 Å². The van der Waals surface area contributed by atoms with Gasteiger partial charge >= 0.3 is 6.03 Å². The summed E-state index contributed by atoms with van der Waals surface area (Å²) in [5.41, 5.74) is 4.91. The maximum atomic E-state index is 12.7. The van der Waals surface area contributed by atoms with Gasteiger partial charge in [-0.2, -0.15) is 0 Å². The zero-order valence-corrected chi connectivity index (χ0v) is 16.9. The minimum atomic E-state index is -1.29. The van der Waals surface area contributed by atoms with Crippen molar-refractivity contribution in [1.82, 2.24) is 15.5 Å². The zero-order valence-electron chi connectivity index (χ0n) is 16.1. The van der Waals surface area contributed by atoms with Gasteiger partial charge in [-0.3, -0.25) is 14.9 Å². The van der Waals surface area contributed by atoms with Gasteiger partial charge in [-0.15, -0.1) is 0 Å². The first-order chi connectivity index (χ1) is 13.1. The molecule has 0 aromatic heterocycles. The number of amides is 4. The Balaban J connectivity index is 1.58. The van der Waals surface area contributed by atoms with Crippen molar-refractivity contribution in [2.75, 3.05) is 31.1 Å². The maximum Gasteiger partial charge on any atom is 0.322 e. The van der Waals surface area contributed by atoms with Crippen molar-refractivity contribution in [2.24, 2.45) is 5.73 Å². The first-order valence-electron chi connectivity index (χ1n) is 9.33. The minimum Gasteiger partial charge on any atom is -0.368 e. The first-order valence-corrected chi connectivity index (χ1v) is 9.71. The highest BCUT2D eigenvalue weighted by molar-refractivity contribution is 6.30. The summed E-state index contributed by atoms with van der Waals surface area (Å²) in [5.74, 6) is -0.535. The molecule has 3 rings (SSSR count). The molecule has 4 N–H and O–H groups in total. The number of imide groups is 1. The second kappa shape index (κ2) is 7.60. The Morgan fingerprint density at radius 1 is 1.25 bits per heavy atom. The standard InChI is InChI=1S/C19H26ClN5O3/c1-18(2,21)19(16(27)22-17(28)23-19)7-6-15(26)25-10-8-24(9-11-25)14-5-3-4-13(20)12-14/h3-5,12H,6-11,21H2,1-2H3,(H2,22,23,27,28). The Morgan fingerprint density at radius 3 is 2.46 bits per heavy atom. The lowest BCUT2D eigenvalue weighted by atomic mass is 9.76. The number of piperazine rings is 1. The summed E-state index contributed by atoms with van der Waals surface area (Å²) in [4.78, 5) is 40.7. The van der Waals surface area contributed by atoms with Crippen LogP contribution in [0.25, 0.3) is 0 Å². The Labute approximate surface area is 169 Å². The van der Waals surface area contributed by atoms with Crippen molar-refractivity contribution in [3.8, 4) is 0 Å². The van der Waals surface area contributed by atoms with E-state index in [1.807, 2.05) is 24.3 Å². The van der Waals surface area contributed by atoms with Crippen molar-refractivity contribution < 1.29 is 14.4 Å². The van der Waals surface area contributed by atoms with Crippen molar-refractivity contribution in [3.05, 3.63) is 29.3 Å². The van der Waals surface area contributed by atoms with Crippen LogP contribution in [0.1, 0.15) is 26.7 Å². The molecule has 2 fully saturated rings. The molecule has 0 radical (unpaired) electrons. The minimum absolute atomic E-state index is 0.0525. The molecule has 28 heavy (non-hydrogen) atoms. The molecule has 0 bridgehead atoms. The van der Waals surface area contributed by atoms with Gasteiger partial charge in [0.25, 0.3) is 5.91 Å². The molecule has 1 aromatic carbocycles. The smallest absolute Gasteiger partial charge is 0.322 e. The number of carbonyl (C=O) groups is 3. The van der Waals surface area contributed by atoms with Gasteiger partial charge in [0.2, 0.25) is 5.91 Å². The normalized spacial score (nSPS) is 22.9. The topological polar surface area (TPSA) is 108 Å². The van der Waals surface area contributed by atoms with Gasteiger partial charge in [-0.05, 0) is 38.5 Å². The van der Waals surface area contributed by atoms with Gasteiger partial charge in [0.1, 0.15) is 5.54 Å². The van der Waals surface area contributed by atoms with Crippen LogP contribution in [0.4, 0.5) is 10.5 Å². The van der Waals surface area contributed by atoms with Gasteiger partial charge in [0.05, 0.1) is 0 Å². The third kappa shape index (κ3) is 3.93. The van der Waals surface area contributed by atoms with Crippen molar-refractivity contribution in [3.63, 3.8) is 0 Å². The number of nitrogens with one attached hydrogen (secondary N) is 2. The summed E-state index contributed by atoms with van der Waals surface area (Å²) in [6.45, 7) is 5.93. The van der Waals surface area contributed by atoms with E-state index in [2.05, 4.69) is 15.5 Å². The van der Waals surface area contributed by atoms with E-state index in [4.69, 9.17) is 17.3 Å². The molecule has 2 saturated heterocycles. The van der Waals surface area contributed by atoms with Crippen LogP contribution in [0.5, 0.6) is 0 Å². The third-order valence-electron chi connectivity index (χ3n) is 5.56. The number of rotatable bonds is 5. The van der Waals surface area contributed by atoms with E-state index in [1.54, 1.807) is 18.7 Å². The van der Waals surface area contributed by atoms with E-state index >= 15 is 0 Å². The number of halogens is 1.